The van der Waals surface area contributed by atoms with Crippen molar-refractivity contribution >= 4 is 15.8 Å². The van der Waals surface area contributed by atoms with Gasteiger partial charge in [-0.2, -0.15) is 10.2 Å². The van der Waals surface area contributed by atoms with E-state index in [1.807, 2.05) is 0 Å². The Morgan fingerprint density at radius 2 is 1.96 bits per heavy atom. The van der Waals surface area contributed by atoms with E-state index in [9.17, 15) is 13.2 Å². The Morgan fingerprint density at radius 3 is 2.60 bits per heavy atom. The predicted molar refractivity (Wildman–Crippen MR) is 89.9 cm³/mol. The lowest BCUT2D eigenvalue weighted by atomic mass is 9.93. The molecule has 0 aliphatic heterocycles. The number of hydrogen-bond donors (Lipinski definition) is 2. The number of aromatic amines is 1. The van der Waals surface area contributed by atoms with Gasteiger partial charge in [-0.3, -0.25) is 9.89 Å². The summed E-state index contributed by atoms with van der Waals surface area (Å²) in [5.41, 5.74) is 4.66. The van der Waals surface area contributed by atoms with Crippen LogP contribution < -0.4 is 5.14 Å². The molecule has 0 bridgehead atoms. The molecule has 0 saturated carbocycles. The fraction of sp³-hybridized carbons (Fsp3) is 0.188. The maximum atomic E-state index is 12.0. The van der Waals surface area contributed by atoms with Crippen LogP contribution in [-0.4, -0.2) is 34.2 Å². The number of H-pyrrole nitrogens is 1. The topological polar surface area (TPSA) is 124 Å². The quantitative estimate of drug-likeness (QED) is 0.682. The van der Waals surface area contributed by atoms with Crippen LogP contribution in [0.1, 0.15) is 28.7 Å². The molecular weight excluding hydrogens is 342 g/mol. The minimum absolute atomic E-state index is 0.0214. The number of hydrogen-bond acceptors (Lipinski definition) is 5. The van der Waals surface area contributed by atoms with Crippen LogP contribution >= 0.6 is 0 Å². The first-order chi connectivity index (χ1) is 11.9. The molecule has 4 rings (SSSR count). The van der Waals surface area contributed by atoms with Gasteiger partial charge in [0.25, 0.3) is 0 Å². The normalized spacial score (nSPS) is 13.4. The van der Waals surface area contributed by atoms with Crippen LogP contribution in [0.4, 0.5) is 0 Å². The van der Waals surface area contributed by atoms with Gasteiger partial charge in [-0.05, 0) is 37.1 Å². The highest BCUT2D eigenvalue weighted by Gasteiger charge is 2.28. The van der Waals surface area contributed by atoms with Crippen LogP contribution in [0.5, 0.6) is 0 Å². The summed E-state index contributed by atoms with van der Waals surface area (Å²) in [6.07, 6.45) is 3.17. The lowest BCUT2D eigenvalue weighted by molar-refractivity contribution is 0.101. The predicted octanol–water partition coefficient (Wildman–Crippen LogP) is 1.21. The number of carbonyl (C=O) groups excluding carboxylic acids is 1. The molecular formula is C16H15N5O3S. The molecule has 1 aromatic carbocycles. The summed E-state index contributed by atoms with van der Waals surface area (Å²) in [6.45, 7) is 1.49. The fourth-order valence-electron chi connectivity index (χ4n) is 3.17. The van der Waals surface area contributed by atoms with Gasteiger partial charge in [-0.25, -0.2) is 18.2 Å². The number of benzene rings is 1. The Bertz CT molecular complexity index is 1090. The van der Waals surface area contributed by atoms with Crippen molar-refractivity contribution in [2.75, 3.05) is 0 Å². The summed E-state index contributed by atoms with van der Waals surface area (Å²) < 4.78 is 24.5. The third-order valence-corrected chi connectivity index (χ3v) is 5.25. The molecule has 128 valence electrons. The van der Waals surface area contributed by atoms with E-state index in [0.29, 0.717) is 17.8 Å². The second-order valence-electron chi connectivity index (χ2n) is 5.94. The molecule has 0 saturated heterocycles. The molecule has 0 unspecified atom stereocenters. The van der Waals surface area contributed by atoms with Crippen molar-refractivity contribution in [3.8, 4) is 16.9 Å². The Kier molecular flexibility index (Phi) is 3.37. The number of rotatable bonds is 3. The molecule has 1 aliphatic carbocycles. The molecule has 0 spiro atoms. The third kappa shape index (κ3) is 2.48. The molecule has 8 nitrogen and oxygen atoms in total. The van der Waals surface area contributed by atoms with Crippen LogP contribution in [0.3, 0.4) is 0 Å². The van der Waals surface area contributed by atoms with Crippen molar-refractivity contribution in [1.29, 1.82) is 0 Å². The van der Waals surface area contributed by atoms with E-state index >= 15 is 0 Å². The van der Waals surface area contributed by atoms with Crippen molar-refractivity contribution in [3.63, 3.8) is 0 Å². The molecule has 0 atom stereocenters. The number of sulfonamides is 1. The Balaban J connectivity index is 1.93. The van der Waals surface area contributed by atoms with E-state index in [1.165, 1.54) is 19.1 Å². The van der Waals surface area contributed by atoms with E-state index in [1.54, 1.807) is 23.0 Å². The molecule has 0 radical (unpaired) electrons. The molecule has 25 heavy (non-hydrogen) atoms. The van der Waals surface area contributed by atoms with E-state index in [2.05, 4.69) is 15.3 Å². The van der Waals surface area contributed by atoms with Crippen LogP contribution in [-0.2, 0) is 22.9 Å². The number of aromatic nitrogens is 4. The Hall–Kier alpha value is -2.78. The van der Waals surface area contributed by atoms with Crippen molar-refractivity contribution in [2.24, 2.45) is 5.14 Å². The molecule has 2 aromatic heterocycles. The Morgan fingerprint density at radius 1 is 1.24 bits per heavy atom. The van der Waals surface area contributed by atoms with Gasteiger partial charge in [0.15, 0.2) is 5.78 Å². The zero-order chi connectivity index (χ0) is 17.8. The zero-order valence-corrected chi connectivity index (χ0v) is 14.2. The lowest BCUT2D eigenvalue weighted by Crippen LogP contribution is -2.12. The highest BCUT2D eigenvalue weighted by molar-refractivity contribution is 7.89. The number of nitrogens with one attached hydrogen (secondary N) is 1. The van der Waals surface area contributed by atoms with E-state index in [-0.39, 0.29) is 10.7 Å². The van der Waals surface area contributed by atoms with E-state index in [4.69, 9.17) is 5.14 Å². The number of fused-ring (bicyclic) bond motifs is 3. The molecule has 0 amide bonds. The van der Waals surface area contributed by atoms with Crippen molar-refractivity contribution in [1.82, 2.24) is 20.0 Å². The first-order valence-electron chi connectivity index (χ1n) is 7.65. The number of nitrogens with zero attached hydrogens (tertiary/aromatic N) is 3. The van der Waals surface area contributed by atoms with Crippen LogP contribution in [0.15, 0.2) is 35.4 Å². The summed E-state index contributed by atoms with van der Waals surface area (Å²) in [5.74, 6) is -0.108. The number of nitrogens with two attached hydrogens (primary N) is 1. The van der Waals surface area contributed by atoms with E-state index in [0.717, 1.165) is 28.9 Å². The summed E-state index contributed by atoms with van der Waals surface area (Å²) in [4.78, 5) is 12.0. The zero-order valence-electron chi connectivity index (χ0n) is 13.4. The molecule has 3 aromatic rings. The van der Waals surface area contributed by atoms with Crippen LogP contribution in [0.25, 0.3) is 16.9 Å². The van der Waals surface area contributed by atoms with E-state index < -0.39 is 10.0 Å². The second-order valence-corrected chi connectivity index (χ2v) is 7.51. The van der Waals surface area contributed by atoms with Crippen molar-refractivity contribution < 1.29 is 13.2 Å². The van der Waals surface area contributed by atoms with Gasteiger partial charge in [-0.1, -0.05) is 0 Å². The molecule has 0 fully saturated rings. The molecule has 9 heteroatoms. The fourth-order valence-corrected chi connectivity index (χ4v) is 3.68. The van der Waals surface area contributed by atoms with Gasteiger partial charge in [0.05, 0.1) is 22.5 Å². The molecule has 2 heterocycles. The molecule has 3 N–H and O–H groups in total. The number of aryl methyl sites for hydroxylation is 1. The van der Waals surface area contributed by atoms with Crippen molar-refractivity contribution in [3.05, 3.63) is 47.4 Å². The van der Waals surface area contributed by atoms with Crippen molar-refractivity contribution in [2.45, 2.75) is 24.7 Å². The maximum absolute atomic E-state index is 12.0. The molecule has 1 aliphatic rings. The third-order valence-electron chi connectivity index (χ3n) is 4.33. The number of Topliss-reactive ketones (excluding diaryl/α,β-unsaturated/α-hetero) is 1. The summed E-state index contributed by atoms with van der Waals surface area (Å²) >= 11 is 0. The van der Waals surface area contributed by atoms with Gasteiger partial charge in [0.1, 0.15) is 5.69 Å². The van der Waals surface area contributed by atoms with Crippen LogP contribution in [0, 0.1) is 0 Å². The second kappa shape index (κ2) is 5.36. The standard InChI is InChI=1S/C16H15N5O3S/c1-9(22)15-12-6-7-14-13(8-18-19-14)16(12)21(20-15)10-2-4-11(5-3-10)25(17,23)24/h2-5,8H,6-7H2,1H3,(H,18,19)(H2,17,23,24). The highest BCUT2D eigenvalue weighted by atomic mass is 32.2. The van der Waals surface area contributed by atoms with Gasteiger partial charge in [0.2, 0.25) is 10.0 Å². The maximum Gasteiger partial charge on any atom is 0.238 e. The van der Waals surface area contributed by atoms with Gasteiger partial charge in [-0.15, -0.1) is 0 Å². The van der Waals surface area contributed by atoms with Gasteiger partial charge in [0, 0.05) is 23.7 Å². The summed E-state index contributed by atoms with van der Waals surface area (Å²) in [7, 11) is -3.77. The number of primary sulfonamides is 1. The first kappa shape index (κ1) is 15.7. The monoisotopic (exact) mass is 357 g/mol. The number of carbonyl (C=O) groups is 1. The number of ketones is 1. The smallest absolute Gasteiger partial charge is 0.238 e. The average Bonchev–Trinajstić information content (AvgIpc) is 3.18. The summed E-state index contributed by atoms with van der Waals surface area (Å²) in [6, 6.07) is 6.08. The van der Waals surface area contributed by atoms with Gasteiger partial charge >= 0.3 is 0 Å². The highest BCUT2D eigenvalue weighted by Crippen LogP contribution is 2.36. The SMILES string of the molecule is CC(=O)c1nn(-c2ccc(S(N)(=O)=O)cc2)c2c1CCc1[nH]ncc1-2. The minimum atomic E-state index is -3.77. The van der Waals surface area contributed by atoms with Crippen LogP contribution in [0.2, 0.25) is 0 Å². The average molecular weight is 357 g/mol. The van der Waals surface area contributed by atoms with Gasteiger partial charge < -0.3 is 0 Å². The Labute approximate surface area is 143 Å². The largest absolute Gasteiger partial charge is 0.293 e. The minimum Gasteiger partial charge on any atom is -0.293 e. The first-order valence-corrected chi connectivity index (χ1v) is 9.19. The lowest BCUT2D eigenvalue weighted by Gasteiger charge is -2.14. The summed E-state index contributed by atoms with van der Waals surface area (Å²) in [5, 5.41) is 16.7.